The van der Waals surface area contributed by atoms with Gasteiger partial charge in [-0.2, -0.15) is 10.4 Å². The average Bonchev–Trinajstić information content (AvgIpc) is 3.06. The maximum atomic E-state index is 9.66. The van der Waals surface area contributed by atoms with Crippen LogP contribution in [0.4, 0.5) is 0 Å². The first kappa shape index (κ1) is 16.3. The maximum Gasteiger partial charge on any atom is 0.170 e. The molecule has 0 radical (unpaired) electrons. The van der Waals surface area contributed by atoms with Gasteiger partial charge in [-0.25, -0.2) is 0 Å². The Morgan fingerprint density at radius 1 is 1.08 bits per heavy atom. The Kier molecular flexibility index (Phi) is 4.70. The van der Waals surface area contributed by atoms with Crippen molar-refractivity contribution in [1.29, 1.82) is 5.26 Å². The molecule has 0 aliphatic carbocycles. The molecule has 3 aromatic rings. The highest BCUT2D eigenvalue weighted by atomic mass is 32.2. The number of aliphatic hydroxyl groups is 1. The zero-order valence-electron chi connectivity index (χ0n) is 13.4. The monoisotopic (exact) mass is 335 g/mol. The van der Waals surface area contributed by atoms with Crippen molar-refractivity contribution in [2.24, 2.45) is 0 Å². The number of aromatic amines is 1. The summed E-state index contributed by atoms with van der Waals surface area (Å²) in [6, 6.07) is 17.8. The largest absolute Gasteiger partial charge is 0.389 e. The van der Waals surface area contributed by atoms with Gasteiger partial charge in [0.25, 0.3) is 0 Å². The van der Waals surface area contributed by atoms with Gasteiger partial charge in [0.15, 0.2) is 5.69 Å². The Hall–Kier alpha value is -2.55. The molecule has 0 saturated carbocycles. The van der Waals surface area contributed by atoms with Crippen LogP contribution in [0.1, 0.15) is 24.3 Å². The van der Waals surface area contributed by atoms with Gasteiger partial charge in [-0.15, -0.1) is 11.8 Å². The fraction of sp³-hybridized carbons (Fsp3) is 0.158. The van der Waals surface area contributed by atoms with Crippen LogP contribution < -0.4 is 0 Å². The van der Waals surface area contributed by atoms with Gasteiger partial charge in [0.05, 0.1) is 11.8 Å². The number of H-pyrrole nitrogens is 1. The third kappa shape index (κ3) is 3.07. The first-order valence-corrected chi connectivity index (χ1v) is 8.77. The molecule has 2 N–H and O–H groups in total. The van der Waals surface area contributed by atoms with E-state index in [9.17, 15) is 10.4 Å². The Morgan fingerprint density at radius 2 is 1.71 bits per heavy atom. The number of rotatable bonds is 4. The Bertz CT molecular complexity index is 874. The van der Waals surface area contributed by atoms with E-state index in [1.165, 1.54) is 4.90 Å². The number of hydrogen-bond acceptors (Lipinski definition) is 4. The minimum atomic E-state index is -0.516. The number of thioether (sulfide) groups is 1. The predicted octanol–water partition coefficient (Wildman–Crippen LogP) is 4.39. The second kappa shape index (κ2) is 6.91. The van der Waals surface area contributed by atoms with Crippen molar-refractivity contribution in [3.8, 4) is 28.5 Å². The highest BCUT2D eigenvalue weighted by Crippen LogP contribution is 2.34. The van der Waals surface area contributed by atoms with Gasteiger partial charge < -0.3 is 5.11 Å². The number of aliphatic hydroxyl groups excluding tert-OH is 1. The fourth-order valence-electron chi connectivity index (χ4n) is 2.60. The molecule has 0 bridgehead atoms. The third-order valence-corrected chi connectivity index (χ3v) is 4.68. The van der Waals surface area contributed by atoms with E-state index in [2.05, 4.69) is 16.3 Å². The van der Waals surface area contributed by atoms with Crippen molar-refractivity contribution in [3.63, 3.8) is 0 Å². The summed E-state index contributed by atoms with van der Waals surface area (Å²) in [6.07, 6.45) is 1.52. The normalized spacial score (nSPS) is 11.9. The third-order valence-electron chi connectivity index (χ3n) is 3.93. The van der Waals surface area contributed by atoms with Crippen LogP contribution in [0.2, 0.25) is 0 Å². The zero-order valence-corrected chi connectivity index (χ0v) is 14.3. The van der Waals surface area contributed by atoms with Crippen molar-refractivity contribution in [3.05, 3.63) is 59.8 Å². The van der Waals surface area contributed by atoms with Crippen LogP contribution in [0.5, 0.6) is 0 Å². The molecule has 3 rings (SSSR count). The Balaban J connectivity index is 2.09. The summed E-state index contributed by atoms with van der Waals surface area (Å²) in [4.78, 5) is 1.18. The summed E-state index contributed by atoms with van der Waals surface area (Å²) in [5.41, 5.74) is 4.69. The van der Waals surface area contributed by atoms with Crippen LogP contribution in [0.3, 0.4) is 0 Å². The molecule has 4 nitrogen and oxygen atoms in total. The lowest BCUT2D eigenvalue weighted by Crippen LogP contribution is -1.91. The molecule has 0 aliphatic heterocycles. The molecule has 0 fully saturated rings. The van der Waals surface area contributed by atoms with Crippen LogP contribution in [0, 0.1) is 11.3 Å². The second-order valence-electron chi connectivity index (χ2n) is 5.46. The summed E-state index contributed by atoms with van der Waals surface area (Å²) in [5.74, 6) is 0. The standard InChI is InChI=1S/C19H17N3OS/c1-12(23)13-3-5-14(6-4-13)18-17(11-20)21-22-19(18)15-7-9-16(24-2)10-8-15/h3-10,12,23H,1-2H3,(H,21,22). The van der Waals surface area contributed by atoms with Crippen molar-refractivity contribution in [1.82, 2.24) is 10.2 Å². The summed E-state index contributed by atoms with van der Waals surface area (Å²) in [7, 11) is 0. The summed E-state index contributed by atoms with van der Waals surface area (Å²) in [6.45, 7) is 1.73. The topological polar surface area (TPSA) is 72.7 Å². The first-order chi connectivity index (χ1) is 11.6. The van der Waals surface area contributed by atoms with Crippen LogP contribution in [0.15, 0.2) is 53.4 Å². The highest BCUT2D eigenvalue weighted by molar-refractivity contribution is 7.98. The minimum Gasteiger partial charge on any atom is -0.389 e. The quantitative estimate of drug-likeness (QED) is 0.694. The molecular formula is C19H17N3OS. The molecule has 0 spiro atoms. The second-order valence-corrected chi connectivity index (χ2v) is 6.34. The number of nitrogens with zero attached hydrogens (tertiary/aromatic N) is 2. The van der Waals surface area contributed by atoms with Gasteiger partial charge in [0.1, 0.15) is 6.07 Å². The summed E-state index contributed by atoms with van der Waals surface area (Å²) >= 11 is 1.69. The molecule has 0 saturated heterocycles. The van der Waals surface area contributed by atoms with E-state index in [4.69, 9.17) is 0 Å². The van der Waals surface area contributed by atoms with Crippen molar-refractivity contribution in [2.75, 3.05) is 6.26 Å². The molecule has 0 amide bonds. The number of nitrogens with one attached hydrogen (secondary N) is 1. The Labute approximate surface area is 145 Å². The number of hydrogen-bond donors (Lipinski definition) is 2. The van der Waals surface area contributed by atoms with E-state index in [0.29, 0.717) is 5.69 Å². The predicted molar refractivity (Wildman–Crippen MR) is 96.6 cm³/mol. The molecule has 0 aliphatic rings. The lowest BCUT2D eigenvalue weighted by molar-refractivity contribution is 0.199. The number of aromatic nitrogens is 2. The SMILES string of the molecule is CSc1ccc(-c2[nH]nc(C#N)c2-c2ccc(C(C)O)cc2)cc1. The van der Waals surface area contributed by atoms with Gasteiger partial charge >= 0.3 is 0 Å². The molecule has 1 atom stereocenters. The minimum absolute atomic E-state index is 0.365. The van der Waals surface area contributed by atoms with Crippen molar-refractivity contribution < 1.29 is 5.11 Å². The molecule has 2 aromatic carbocycles. The lowest BCUT2D eigenvalue weighted by atomic mass is 9.97. The summed E-state index contributed by atoms with van der Waals surface area (Å²) < 4.78 is 0. The molecule has 5 heteroatoms. The van der Waals surface area contributed by atoms with Crippen LogP contribution in [0.25, 0.3) is 22.4 Å². The van der Waals surface area contributed by atoms with Gasteiger partial charge in [-0.3, -0.25) is 5.10 Å². The molecule has 24 heavy (non-hydrogen) atoms. The van der Waals surface area contributed by atoms with Gasteiger partial charge in [0, 0.05) is 16.0 Å². The van der Waals surface area contributed by atoms with E-state index in [1.807, 2.05) is 54.8 Å². The highest BCUT2D eigenvalue weighted by Gasteiger charge is 2.16. The van der Waals surface area contributed by atoms with E-state index >= 15 is 0 Å². The average molecular weight is 335 g/mol. The van der Waals surface area contributed by atoms with Crippen LogP contribution in [-0.4, -0.2) is 21.6 Å². The fourth-order valence-corrected chi connectivity index (χ4v) is 3.01. The molecular weight excluding hydrogens is 318 g/mol. The van der Waals surface area contributed by atoms with E-state index in [-0.39, 0.29) is 0 Å². The smallest absolute Gasteiger partial charge is 0.170 e. The van der Waals surface area contributed by atoms with Crippen molar-refractivity contribution in [2.45, 2.75) is 17.9 Å². The maximum absolute atomic E-state index is 9.66. The molecule has 120 valence electrons. The number of nitriles is 1. The number of benzene rings is 2. The lowest BCUT2D eigenvalue weighted by Gasteiger charge is -2.08. The Morgan fingerprint density at radius 3 is 2.25 bits per heavy atom. The summed E-state index contributed by atoms with van der Waals surface area (Å²) in [5, 5.41) is 26.2. The zero-order chi connectivity index (χ0) is 17.1. The van der Waals surface area contributed by atoms with E-state index in [0.717, 1.165) is 27.9 Å². The van der Waals surface area contributed by atoms with Crippen LogP contribution in [-0.2, 0) is 0 Å². The molecule has 1 aromatic heterocycles. The van der Waals surface area contributed by atoms with Crippen molar-refractivity contribution >= 4 is 11.8 Å². The van der Waals surface area contributed by atoms with Gasteiger partial charge in [-0.05, 0) is 36.4 Å². The molecule has 1 unspecified atom stereocenters. The first-order valence-electron chi connectivity index (χ1n) is 7.55. The molecule has 1 heterocycles. The van der Waals surface area contributed by atoms with Crippen LogP contribution >= 0.6 is 11.8 Å². The van der Waals surface area contributed by atoms with E-state index < -0.39 is 6.10 Å². The van der Waals surface area contributed by atoms with Gasteiger partial charge in [0.2, 0.25) is 0 Å². The van der Waals surface area contributed by atoms with E-state index in [1.54, 1.807) is 18.7 Å². The van der Waals surface area contributed by atoms with Gasteiger partial charge in [-0.1, -0.05) is 36.4 Å².